The predicted molar refractivity (Wildman–Crippen MR) is 311 cm³/mol. The molecule has 22 heteroatoms. The summed E-state index contributed by atoms with van der Waals surface area (Å²) in [6, 6.07) is 22.4. The van der Waals surface area contributed by atoms with E-state index in [1.165, 1.54) is 17.2 Å². The molecular weight excluding hydrogens is 1080 g/mol. The first-order valence-corrected chi connectivity index (χ1v) is 31.0. The molecule has 21 nitrogen and oxygen atoms in total. The van der Waals surface area contributed by atoms with Gasteiger partial charge >= 0.3 is 0 Å². The number of hydrogen-bond donors (Lipinski definition) is 3. The van der Waals surface area contributed by atoms with Crippen LogP contribution in [-0.2, 0) is 25.9 Å². The van der Waals surface area contributed by atoms with Crippen molar-refractivity contribution in [3.05, 3.63) is 112 Å². The van der Waals surface area contributed by atoms with Crippen LogP contribution in [0, 0.1) is 21.4 Å². The molecule has 8 aliphatic rings. The highest BCUT2D eigenvalue weighted by Crippen LogP contribution is 2.54. The van der Waals surface area contributed by atoms with E-state index in [2.05, 4.69) is 78.8 Å². The number of piperidine rings is 1. The van der Waals surface area contributed by atoms with E-state index in [4.69, 9.17) is 38.4 Å². The Balaban J connectivity index is 0.739. The van der Waals surface area contributed by atoms with Crippen molar-refractivity contribution in [2.75, 3.05) is 92.4 Å². The first-order chi connectivity index (χ1) is 40.3. The summed E-state index contributed by atoms with van der Waals surface area (Å²) in [7, 11) is -4.72. The number of nitro groups is 1. The summed E-state index contributed by atoms with van der Waals surface area (Å²) in [6.07, 6.45) is 11.5. The molecule has 10 heterocycles. The number of ether oxygens (including phenoxy) is 6. The van der Waals surface area contributed by atoms with Gasteiger partial charge in [-0.25, -0.2) is 18.1 Å². The van der Waals surface area contributed by atoms with E-state index >= 15 is 0 Å². The number of carbonyl (C=O) groups excluding carboxylic acids is 1. The Bertz CT molecular complexity index is 3580. The van der Waals surface area contributed by atoms with Crippen LogP contribution in [0.5, 0.6) is 23.1 Å². The molecule has 14 rings (SSSR count). The Morgan fingerprint density at radius 2 is 1.72 bits per heavy atom. The van der Waals surface area contributed by atoms with Crippen molar-refractivity contribution in [2.45, 2.75) is 113 Å². The first kappa shape index (κ1) is 53.6. The largest absolute Gasteiger partial charge is 0.492 e. The summed E-state index contributed by atoms with van der Waals surface area (Å²) < 4.78 is 67.8. The molecule has 1 saturated carbocycles. The lowest BCUT2D eigenvalue weighted by molar-refractivity contribution is -0.384. The number of sulfonamides is 1. The number of aryl methyl sites for hydroxylation is 1. The standard InChI is InChI=1S/C61H70N10O11S/c1-37(2)81-52-8-4-3-7-44(52)51-34-68(56-27-39-6-5-22-79-54(39)33-63-56)20-21-69(51)42-31-61(32-42)15-18-67(19-16-61)41-9-10-45(48(28-41)70-47-14-25-78-36-55(47)82-60-50(70)26-40-11-17-62-58(40)65-60)59(72)66-83(75,76)43-29-49(71(73)74)57-53(30-43)80-35-46(64-57)38-12-23-77-24-13-38/h3-4,7-11,17,26-30,33,37-38,42,46-47,51,55,64H,5-6,12-16,18-25,31-32,34-36H2,1-2H3,(H,62,65)(H,66,72)/t46-,47-,51-,55-/m0/s1. The number of H-pyrrole nitrogens is 1. The number of nitrogens with zero attached hydrogens (tertiary/aromatic N) is 7. The third kappa shape index (κ3) is 10.2. The Morgan fingerprint density at radius 3 is 2.55 bits per heavy atom. The number of fused-ring (bicyclic) bond motifs is 5. The molecule has 3 aromatic carbocycles. The second kappa shape index (κ2) is 21.7. The maximum Gasteiger partial charge on any atom is 0.297 e. The molecule has 0 radical (unpaired) electrons. The van der Waals surface area contributed by atoms with Crippen molar-refractivity contribution in [1.29, 1.82) is 0 Å². The second-order valence-corrected chi connectivity index (χ2v) is 25.6. The Kier molecular flexibility index (Phi) is 14.0. The number of aromatic amines is 1. The van der Waals surface area contributed by atoms with Gasteiger partial charge in [-0.15, -0.1) is 0 Å². The average Bonchev–Trinajstić information content (AvgIpc) is 3.80. The summed E-state index contributed by atoms with van der Waals surface area (Å²) in [5, 5.41) is 16.7. The number of piperazine rings is 1. The van der Waals surface area contributed by atoms with Crippen LogP contribution in [0.15, 0.2) is 90.1 Å². The number of carbonyl (C=O) groups is 1. The molecular formula is C61H70N10O11S. The number of para-hydroxylation sites is 1. The second-order valence-electron chi connectivity index (χ2n) is 24.0. The molecule has 83 heavy (non-hydrogen) atoms. The van der Waals surface area contributed by atoms with Gasteiger partial charge in [0.1, 0.15) is 41.4 Å². The number of hydrogen-bond acceptors (Lipinski definition) is 18. The van der Waals surface area contributed by atoms with Gasteiger partial charge in [0.15, 0.2) is 11.4 Å². The third-order valence-corrected chi connectivity index (χ3v) is 19.9. The van der Waals surface area contributed by atoms with Crippen LogP contribution in [0.1, 0.15) is 92.7 Å². The van der Waals surface area contributed by atoms with E-state index < -0.39 is 37.5 Å². The number of pyridine rings is 2. The van der Waals surface area contributed by atoms with E-state index in [9.17, 15) is 23.3 Å². The van der Waals surface area contributed by atoms with Gasteiger partial charge in [-0.1, -0.05) is 18.2 Å². The fourth-order valence-corrected chi connectivity index (χ4v) is 15.3. The number of aromatic nitrogens is 3. The summed E-state index contributed by atoms with van der Waals surface area (Å²) in [5.74, 6) is 2.45. The quantitative estimate of drug-likeness (QED) is 0.0769. The van der Waals surface area contributed by atoms with Gasteiger partial charge in [0.05, 0.1) is 64.7 Å². The molecule has 5 fully saturated rings. The van der Waals surface area contributed by atoms with Crippen molar-refractivity contribution >= 4 is 61.2 Å². The molecule has 6 aromatic rings. The van der Waals surface area contributed by atoms with Crippen molar-refractivity contribution in [3.63, 3.8) is 0 Å². The molecule has 1 spiro atoms. The Labute approximate surface area is 482 Å². The lowest BCUT2D eigenvalue weighted by Gasteiger charge is -2.58. The molecule has 4 saturated heterocycles. The van der Waals surface area contributed by atoms with Crippen molar-refractivity contribution in [2.24, 2.45) is 11.3 Å². The van der Waals surface area contributed by atoms with E-state index in [1.807, 2.05) is 36.7 Å². The summed E-state index contributed by atoms with van der Waals surface area (Å²) in [4.78, 5) is 49.1. The van der Waals surface area contributed by atoms with Gasteiger partial charge in [0.2, 0.25) is 5.88 Å². The molecule has 3 aromatic heterocycles. The minimum Gasteiger partial charge on any atom is -0.492 e. The van der Waals surface area contributed by atoms with Gasteiger partial charge in [-0.2, -0.15) is 4.98 Å². The van der Waals surface area contributed by atoms with Gasteiger partial charge in [-0.05, 0) is 131 Å². The summed E-state index contributed by atoms with van der Waals surface area (Å²) in [5.41, 5.74) is 4.96. The SMILES string of the molecule is CC(C)Oc1ccccc1[C@@H]1CN(c2cc3c(cn2)OCCC3)CCN1C1CC2(CCN(c3ccc(C(=O)NS(=O)(=O)c4cc5c(c([N+](=O)[O-])c4)N[C@H](C4CCOCC4)CO5)c(N4c5cc6cc[nH]c6nc5O[C@H]5COCC[C@@H]54)c3)CC2)C1. The van der Waals surface area contributed by atoms with Crippen LogP contribution in [0.4, 0.5) is 34.3 Å². The molecule has 0 unspecified atom stereocenters. The molecule has 4 atom stereocenters. The fourth-order valence-electron chi connectivity index (χ4n) is 14.3. The minimum absolute atomic E-state index is 0.0239. The highest BCUT2D eigenvalue weighted by atomic mass is 32.2. The maximum atomic E-state index is 15.0. The predicted octanol–water partition coefficient (Wildman–Crippen LogP) is 8.70. The first-order valence-electron chi connectivity index (χ1n) is 29.5. The van der Waals surface area contributed by atoms with E-state index in [-0.39, 0.29) is 65.8 Å². The smallest absolute Gasteiger partial charge is 0.297 e. The van der Waals surface area contributed by atoms with Crippen LogP contribution < -0.4 is 43.7 Å². The molecule has 1 aliphatic carbocycles. The summed E-state index contributed by atoms with van der Waals surface area (Å²) in [6.45, 7) is 11.1. The number of anilines is 5. The summed E-state index contributed by atoms with van der Waals surface area (Å²) >= 11 is 0. The van der Waals surface area contributed by atoms with E-state index in [1.54, 1.807) is 6.07 Å². The molecule has 3 N–H and O–H groups in total. The van der Waals surface area contributed by atoms with Gasteiger partial charge < -0.3 is 53.4 Å². The number of amides is 1. The topological polar surface area (TPSA) is 228 Å². The van der Waals surface area contributed by atoms with Gasteiger partial charge in [-0.3, -0.25) is 19.8 Å². The van der Waals surface area contributed by atoms with E-state index in [0.29, 0.717) is 55.2 Å². The lowest BCUT2D eigenvalue weighted by atomic mass is 9.59. The number of rotatable bonds is 12. The monoisotopic (exact) mass is 1150 g/mol. The molecule has 0 bridgehead atoms. The highest BCUT2D eigenvalue weighted by Gasteiger charge is 2.51. The van der Waals surface area contributed by atoms with Crippen molar-refractivity contribution in [1.82, 2.24) is 24.6 Å². The van der Waals surface area contributed by atoms with Crippen molar-refractivity contribution in [3.8, 4) is 23.1 Å². The van der Waals surface area contributed by atoms with E-state index in [0.717, 1.165) is 125 Å². The normalized spacial score (nSPS) is 23.6. The zero-order valence-electron chi connectivity index (χ0n) is 46.8. The lowest BCUT2D eigenvalue weighted by Crippen LogP contribution is -2.60. The number of nitrogens with one attached hydrogen (secondary N) is 3. The minimum atomic E-state index is -4.72. The average molecular weight is 1150 g/mol. The molecule has 436 valence electrons. The third-order valence-electron chi connectivity index (χ3n) is 18.6. The zero-order chi connectivity index (χ0) is 56.6. The van der Waals surface area contributed by atoms with Gasteiger partial charge in [0, 0.05) is 93.6 Å². The van der Waals surface area contributed by atoms with Crippen LogP contribution in [-0.4, -0.2) is 142 Å². The van der Waals surface area contributed by atoms with Crippen molar-refractivity contribution < 1.29 is 46.6 Å². The number of nitro benzene ring substituents is 1. The fraction of sp³-hybridized carbons (Fsp3) is 0.492. The number of benzene rings is 3. The highest BCUT2D eigenvalue weighted by molar-refractivity contribution is 7.90. The Hall–Kier alpha value is -7.40. The zero-order valence-corrected chi connectivity index (χ0v) is 47.6. The molecule has 1 amide bonds. The van der Waals surface area contributed by atoms with Crippen LogP contribution in [0.3, 0.4) is 0 Å². The maximum absolute atomic E-state index is 15.0. The van der Waals surface area contributed by atoms with Gasteiger partial charge in [0.25, 0.3) is 21.6 Å². The van der Waals surface area contributed by atoms with Crippen LogP contribution >= 0.6 is 0 Å². The Morgan fingerprint density at radius 1 is 0.892 bits per heavy atom. The van der Waals surface area contributed by atoms with Crippen LogP contribution in [0.25, 0.3) is 11.0 Å². The molecule has 7 aliphatic heterocycles. The van der Waals surface area contributed by atoms with Crippen LogP contribution in [0.2, 0.25) is 0 Å².